The van der Waals surface area contributed by atoms with E-state index in [2.05, 4.69) is 5.32 Å². The molecule has 2 aromatic carbocycles. The van der Waals surface area contributed by atoms with Crippen molar-refractivity contribution >= 4 is 23.6 Å². The monoisotopic (exact) mass is 355 g/mol. The fourth-order valence-corrected chi connectivity index (χ4v) is 2.33. The second kappa shape index (κ2) is 9.27. The van der Waals surface area contributed by atoms with Gasteiger partial charge in [-0.2, -0.15) is 0 Å². The van der Waals surface area contributed by atoms with Crippen LogP contribution in [0.3, 0.4) is 0 Å². The Labute approximate surface area is 152 Å². The van der Waals surface area contributed by atoms with Crippen LogP contribution in [0.5, 0.6) is 11.5 Å². The number of anilines is 1. The van der Waals surface area contributed by atoms with Crippen molar-refractivity contribution < 1.29 is 24.2 Å². The number of carbonyl (C=O) groups is 2. The molecule has 0 saturated carbocycles. The van der Waals surface area contributed by atoms with E-state index < -0.39 is 5.97 Å². The second-order valence-electron chi connectivity index (χ2n) is 5.52. The molecule has 0 radical (unpaired) electrons. The molecule has 26 heavy (non-hydrogen) atoms. The van der Waals surface area contributed by atoms with E-state index in [4.69, 9.17) is 14.6 Å². The molecule has 0 bridgehead atoms. The van der Waals surface area contributed by atoms with Crippen molar-refractivity contribution in [3.63, 3.8) is 0 Å². The van der Waals surface area contributed by atoms with E-state index in [0.717, 1.165) is 11.1 Å². The first-order valence-electron chi connectivity index (χ1n) is 8.03. The Morgan fingerprint density at radius 1 is 1.08 bits per heavy atom. The molecule has 0 atom stereocenters. The third-order valence-electron chi connectivity index (χ3n) is 3.70. The summed E-state index contributed by atoms with van der Waals surface area (Å²) in [6.45, 7) is 0. The molecule has 6 nitrogen and oxygen atoms in total. The van der Waals surface area contributed by atoms with Crippen LogP contribution >= 0.6 is 0 Å². The topological polar surface area (TPSA) is 84.9 Å². The number of hydrogen-bond donors (Lipinski definition) is 2. The molecule has 6 heteroatoms. The van der Waals surface area contributed by atoms with E-state index in [1.54, 1.807) is 62.8 Å². The fourth-order valence-electron chi connectivity index (χ4n) is 2.33. The molecular weight excluding hydrogens is 334 g/mol. The van der Waals surface area contributed by atoms with Gasteiger partial charge in [-0.3, -0.25) is 9.59 Å². The highest BCUT2D eigenvalue weighted by atomic mass is 16.5. The van der Waals surface area contributed by atoms with E-state index in [0.29, 0.717) is 23.6 Å². The molecule has 0 aliphatic rings. The number of carboxylic acid groups (broad SMARTS) is 1. The summed E-state index contributed by atoms with van der Waals surface area (Å²) in [5.41, 5.74) is 2.27. The Kier molecular flexibility index (Phi) is 6.79. The van der Waals surface area contributed by atoms with Crippen molar-refractivity contribution in [3.05, 3.63) is 59.7 Å². The first kappa shape index (κ1) is 19.1. The molecule has 0 aromatic heterocycles. The van der Waals surface area contributed by atoms with Crippen molar-refractivity contribution in [1.82, 2.24) is 0 Å². The molecule has 136 valence electrons. The molecule has 0 heterocycles. The van der Waals surface area contributed by atoms with Crippen molar-refractivity contribution in [3.8, 4) is 11.5 Å². The van der Waals surface area contributed by atoms with Crippen LogP contribution in [-0.4, -0.2) is 31.2 Å². The van der Waals surface area contributed by atoms with Crippen LogP contribution in [0, 0.1) is 0 Å². The van der Waals surface area contributed by atoms with E-state index in [1.165, 1.54) is 6.08 Å². The number of ether oxygens (including phenoxy) is 2. The normalized spacial score (nSPS) is 10.5. The lowest BCUT2D eigenvalue weighted by Crippen LogP contribution is -2.07. The largest absolute Gasteiger partial charge is 0.497 e. The van der Waals surface area contributed by atoms with Crippen molar-refractivity contribution in [2.75, 3.05) is 19.5 Å². The van der Waals surface area contributed by atoms with Gasteiger partial charge in [0.05, 0.1) is 14.2 Å². The minimum Gasteiger partial charge on any atom is -0.497 e. The van der Waals surface area contributed by atoms with Gasteiger partial charge in [-0.15, -0.1) is 0 Å². The zero-order valence-electron chi connectivity index (χ0n) is 14.7. The zero-order valence-corrected chi connectivity index (χ0v) is 14.7. The Morgan fingerprint density at radius 3 is 2.42 bits per heavy atom. The average molecular weight is 355 g/mol. The van der Waals surface area contributed by atoms with Crippen molar-refractivity contribution in [1.29, 1.82) is 0 Å². The van der Waals surface area contributed by atoms with Gasteiger partial charge in [0, 0.05) is 23.7 Å². The van der Waals surface area contributed by atoms with Crippen LogP contribution in [0.15, 0.2) is 48.5 Å². The predicted molar refractivity (Wildman–Crippen MR) is 99.6 cm³/mol. The maximum Gasteiger partial charge on any atom is 0.303 e. The molecule has 2 N–H and O–H groups in total. The summed E-state index contributed by atoms with van der Waals surface area (Å²) in [5.74, 6) is 0.189. The van der Waals surface area contributed by atoms with Gasteiger partial charge in [-0.1, -0.05) is 12.1 Å². The zero-order chi connectivity index (χ0) is 18.9. The quantitative estimate of drug-likeness (QED) is 0.709. The Bertz CT molecular complexity index is 796. The summed E-state index contributed by atoms with van der Waals surface area (Å²) in [5, 5.41) is 11.4. The highest BCUT2D eigenvalue weighted by Gasteiger charge is 2.04. The number of rotatable bonds is 8. The molecule has 0 spiro atoms. The molecular formula is C20H21NO5. The van der Waals surface area contributed by atoms with Gasteiger partial charge in [-0.25, -0.2) is 0 Å². The highest BCUT2D eigenvalue weighted by molar-refractivity contribution is 6.02. The van der Waals surface area contributed by atoms with E-state index in [9.17, 15) is 9.59 Å². The first-order chi connectivity index (χ1) is 12.5. The minimum atomic E-state index is -0.833. The Hall–Kier alpha value is -3.28. The van der Waals surface area contributed by atoms with Gasteiger partial charge >= 0.3 is 5.97 Å². The summed E-state index contributed by atoms with van der Waals surface area (Å²) in [7, 11) is 3.13. The number of methoxy groups -OCH3 is 2. The Balaban J connectivity index is 2.00. The lowest BCUT2D eigenvalue weighted by atomic mass is 10.1. The van der Waals surface area contributed by atoms with E-state index >= 15 is 0 Å². The summed E-state index contributed by atoms with van der Waals surface area (Å²) in [6, 6.07) is 12.4. The predicted octanol–water partition coefficient (Wildman–Crippen LogP) is 3.37. The molecule has 2 rings (SSSR count). The summed E-state index contributed by atoms with van der Waals surface area (Å²) in [4.78, 5) is 22.7. The molecule has 0 aliphatic carbocycles. The van der Waals surface area contributed by atoms with Crippen LogP contribution in [0.4, 0.5) is 5.69 Å². The molecule has 1 amide bonds. The SMILES string of the molecule is COc1ccc(OC)c(C=CC(=O)Nc2ccc(CCC(=O)O)cc2)c1. The number of benzene rings is 2. The molecule has 0 aliphatic heterocycles. The lowest BCUT2D eigenvalue weighted by Gasteiger charge is -2.07. The van der Waals surface area contributed by atoms with E-state index in [-0.39, 0.29) is 12.3 Å². The maximum atomic E-state index is 12.1. The van der Waals surface area contributed by atoms with Gasteiger partial charge in [0.15, 0.2) is 0 Å². The fraction of sp³-hybridized carbons (Fsp3) is 0.200. The van der Waals surface area contributed by atoms with Crippen molar-refractivity contribution in [2.24, 2.45) is 0 Å². The van der Waals surface area contributed by atoms with Gasteiger partial charge in [0.25, 0.3) is 0 Å². The molecule has 0 unspecified atom stereocenters. The van der Waals surface area contributed by atoms with Crippen LogP contribution in [0.2, 0.25) is 0 Å². The third-order valence-corrected chi connectivity index (χ3v) is 3.70. The van der Waals surface area contributed by atoms with Crippen LogP contribution < -0.4 is 14.8 Å². The van der Waals surface area contributed by atoms with Crippen molar-refractivity contribution in [2.45, 2.75) is 12.8 Å². The van der Waals surface area contributed by atoms with Crippen LogP contribution in [-0.2, 0) is 16.0 Å². The number of aliphatic carboxylic acids is 1. The molecule has 0 saturated heterocycles. The van der Waals surface area contributed by atoms with Crippen LogP contribution in [0.1, 0.15) is 17.5 Å². The Morgan fingerprint density at radius 2 is 1.81 bits per heavy atom. The minimum absolute atomic E-state index is 0.0802. The number of nitrogens with one attached hydrogen (secondary N) is 1. The number of hydrogen-bond acceptors (Lipinski definition) is 4. The maximum absolute atomic E-state index is 12.1. The number of carboxylic acids is 1. The van der Waals surface area contributed by atoms with Gasteiger partial charge in [0.2, 0.25) is 5.91 Å². The number of aryl methyl sites for hydroxylation is 1. The lowest BCUT2D eigenvalue weighted by molar-refractivity contribution is -0.137. The van der Waals surface area contributed by atoms with Crippen LogP contribution in [0.25, 0.3) is 6.08 Å². The first-order valence-corrected chi connectivity index (χ1v) is 8.03. The van der Waals surface area contributed by atoms with Gasteiger partial charge in [0.1, 0.15) is 11.5 Å². The number of amides is 1. The van der Waals surface area contributed by atoms with Gasteiger partial charge < -0.3 is 19.9 Å². The summed E-state index contributed by atoms with van der Waals surface area (Å²) >= 11 is 0. The summed E-state index contributed by atoms with van der Waals surface area (Å²) < 4.78 is 10.4. The van der Waals surface area contributed by atoms with E-state index in [1.807, 2.05) is 0 Å². The second-order valence-corrected chi connectivity index (χ2v) is 5.52. The average Bonchev–Trinajstić information content (AvgIpc) is 2.65. The standard InChI is InChI=1S/C20H21NO5/c1-25-17-9-10-18(26-2)15(13-17)6-11-19(22)21-16-7-3-14(4-8-16)5-12-20(23)24/h3-4,6-11,13H,5,12H2,1-2H3,(H,21,22)(H,23,24). The highest BCUT2D eigenvalue weighted by Crippen LogP contribution is 2.25. The van der Waals surface area contributed by atoms with Gasteiger partial charge in [-0.05, 0) is 48.4 Å². The smallest absolute Gasteiger partial charge is 0.303 e. The summed E-state index contributed by atoms with van der Waals surface area (Å²) in [6.07, 6.45) is 3.60. The molecule has 0 fully saturated rings. The third kappa shape index (κ3) is 5.66. The number of carbonyl (C=O) groups excluding carboxylic acids is 1. The molecule has 2 aromatic rings.